The summed E-state index contributed by atoms with van der Waals surface area (Å²) in [5.41, 5.74) is 3.81. The molecule has 0 heterocycles. The molecule has 0 amide bonds. The number of hydrogen-bond donors (Lipinski definition) is 1. The molecule has 0 bridgehead atoms. The van der Waals surface area contributed by atoms with Gasteiger partial charge in [-0.1, -0.05) is 55.4 Å². The first-order valence-electron chi connectivity index (χ1n) is 4.85. The van der Waals surface area contributed by atoms with Crippen molar-refractivity contribution in [3.05, 3.63) is 34.9 Å². The van der Waals surface area contributed by atoms with Crippen molar-refractivity contribution in [3.8, 4) is 11.5 Å². The first-order chi connectivity index (χ1) is 6.90. The molecule has 0 fully saturated rings. The average molecular weight is 239 g/mol. The van der Waals surface area contributed by atoms with Gasteiger partial charge in [-0.25, -0.2) is 0 Å². The highest BCUT2D eigenvalue weighted by molar-refractivity contribution is 6.83. The lowest BCUT2D eigenvalue weighted by Gasteiger charge is -2.08. The normalized spacial score (nSPS) is 12.9. The molecule has 1 aromatic carbocycles. The van der Waals surface area contributed by atoms with Crippen molar-refractivity contribution >= 4 is 19.7 Å². The van der Waals surface area contributed by atoms with Crippen LogP contribution in [-0.4, -0.2) is 13.2 Å². The summed E-state index contributed by atoms with van der Waals surface area (Å²) in [7, 11) is -1.43. The predicted octanol–water partition coefficient (Wildman–Crippen LogP) is 3.25. The summed E-state index contributed by atoms with van der Waals surface area (Å²) in [5, 5.41) is 10.4. The topological polar surface area (TPSA) is 20.2 Å². The third kappa shape index (κ3) is 4.09. The number of aliphatic hydroxyl groups is 1. The highest BCUT2D eigenvalue weighted by Gasteiger charge is 2.11. The van der Waals surface area contributed by atoms with Crippen LogP contribution in [-0.2, 0) is 0 Å². The van der Waals surface area contributed by atoms with Crippen molar-refractivity contribution in [2.24, 2.45) is 0 Å². The Kier molecular flexibility index (Phi) is 3.98. The molecule has 1 aromatic rings. The van der Waals surface area contributed by atoms with Gasteiger partial charge in [-0.05, 0) is 6.07 Å². The molecule has 0 aliphatic rings. The van der Waals surface area contributed by atoms with Gasteiger partial charge in [-0.15, -0.1) is 5.54 Å². The molecule has 1 rings (SSSR count). The summed E-state index contributed by atoms with van der Waals surface area (Å²) in [6.45, 7) is 6.41. The molecule has 0 saturated carbocycles. The molecule has 0 aliphatic carbocycles. The van der Waals surface area contributed by atoms with E-state index in [1.165, 1.54) is 0 Å². The predicted molar refractivity (Wildman–Crippen MR) is 67.5 cm³/mol. The number of hydrogen-bond acceptors (Lipinski definition) is 1. The zero-order chi connectivity index (χ0) is 11.5. The summed E-state index contributed by atoms with van der Waals surface area (Å²) in [6.07, 6.45) is -0.773. The lowest BCUT2D eigenvalue weighted by Crippen LogP contribution is -2.16. The van der Waals surface area contributed by atoms with Gasteiger partial charge in [0.2, 0.25) is 0 Å². The number of halogens is 1. The van der Waals surface area contributed by atoms with E-state index < -0.39 is 14.2 Å². The van der Waals surface area contributed by atoms with Crippen LogP contribution in [0.4, 0.5) is 0 Å². The largest absolute Gasteiger partial charge is 0.376 e. The first-order valence-corrected chi connectivity index (χ1v) is 8.73. The van der Waals surface area contributed by atoms with Crippen LogP contribution in [0.1, 0.15) is 11.7 Å². The number of rotatable bonds is 1. The van der Waals surface area contributed by atoms with Crippen LogP contribution in [0.15, 0.2) is 24.3 Å². The van der Waals surface area contributed by atoms with Gasteiger partial charge in [0.1, 0.15) is 14.2 Å². The van der Waals surface area contributed by atoms with Gasteiger partial charge in [0.15, 0.2) is 0 Å². The quantitative estimate of drug-likeness (QED) is 0.588. The Balaban J connectivity index is 2.90. The van der Waals surface area contributed by atoms with Crippen LogP contribution in [0.5, 0.6) is 0 Å². The van der Waals surface area contributed by atoms with E-state index in [4.69, 9.17) is 11.6 Å². The van der Waals surface area contributed by atoms with E-state index in [1.54, 1.807) is 12.1 Å². The van der Waals surface area contributed by atoms with Gasteiger partial charge >= 0.3 is 0 Å². The minimum absolute atomic E-state index is 0.565. The van der Waals surface area contributed by atoms with Crippen molar-refractivity contribution in [3.63, 3.8) is 0 Å². The molecule has 0 saturated heterocycles. The first kappa shape index (κ1) is 12.3. The third-order valence-corrected chi connectivity index (χ3v) is 3.02. The maximum Gasteiger partial charge on any atom is 0.141 e. The fourth-order valence-electron chi connectivity index (χ4n) is 1.06. The Morgan fingerprint density at radius 3 is 2.40 bits per heavy atom. The van der Waals surface area contributed by atoms with E-state index in [2.05, 4.69) is 31.1 Å². The van der Waals surface area contributed by atoms with Crippen molar-refractivity contribution in [1.82, 2.24) is 0 Å². The fraction of sp³-hybridized carbons (Fsp3) is 0.333. The molecule has 15 heavy (non-hydrogen) atoms. The van der Waals surface area contributed by atoms with Gasteiger partial charge < -0.3 is 5.11 Å². The van der Waals surface area contributed by atoms with Crippen molar-refractivity contribution in [1.29, 1.82) is 0 Å². The van der Waals surface area contributed by atoms with Crippen LogP contribution in [0.25, 0.3) is 0 Å². The molecule has 0 radical (unpaired) electrons. The van der Waals surface area contributed by atoms with Gasteiger partial charge in [0.05, 0.1) is 0 Å². The second kappa shape index (κ2) is 4.85. The van der Waals surface area contributed by atoms with E-state index in [0.29, 0.717) is 10.6 Å². The van der Waals surface area contributed by atoms with Crippen LogP contribution in [0.2, 0.25) is 24.7 Å². The molecule has 0 aliphatic heterocycles. The smallest absolute Gasteiger partial charge is 0.141 e. The maximum absolute atomic E-state index is 9.83. The van der Waals surface area contributed by atoms with E-state index in [0.717, 1.165) is 0 Å². The Morgan fingerprint density at radius 2 is 1.87 bits per heavy atom. The second-order valence-electron chi connectivity index (χ2n) is 4.44. The molecule has 1 unspecified atom stereocenters. The van der Waals surface area contributed by atoms with Crippen LogP contribution in [0, 0.1) is 11.5 Å². The molecular formula is C12H15ClOSi. The highest BCUT2D eigenvalue weighted by atomic mass is 35.5. The number of aliphatic hydroxyl groups excluding tert-OH is 1. The fourth-order valence-corrected chi connectivity index (χ4v) is 1.87. The second-order valence-corrected chi connectivity index (χ2v) is 9.60. The summed E-state index contributed by atoms with van der Waals surface area (Å²) < 4.78 is 0. The van der Waals surface area contributed by atoms with Crippen LogP contribution < -0.4 is 0 Å². The van der Waals surface area contributed by atoms with Gasteiger partial charge in [-0.3, -0.25) is 0 Å². The zero-order valence-corrected chi connectivity index (χ0v) is 11.0. The minimum atomic E-state index is -1.43. The van der Waals surface area contributed by atoms with Gasteiger partial charge in [-0.2, -0.15) is 0 Å². The van der Waals surface area contributed by atoms with Crippen LogP contribution >= 0.6 is 11.6 Å². The van der Waals surface area contributed by atoms with Crippen LogP contribution in [0.3, 0.4) is 0 Å². The summed E-state index contributed by atoms with van der Waals surface area (Å²) in [6, 6.07) is 7.24. The molecule has 0 aromatic heterocycles. The lowest BCUT2D eigenvalue weighted by atomic mass is 10.1. The lowest BCUT2D eigenvalue weighted by molar-refractivity contribution is 0.238. The summed E-state index contributed by atoms with van der Waals surface area (Å²) >= 11 is 5.95. The number of benzene rings is 1. The third-order valence-electron chi connectivity index (χ3n) is 1.78. The average Bonchev–Trinajstić information content (AvgIpc) is 2.14. The molecule has 1 N–H and O–H groups in total. The van der Waals surface area contributed by atoms with Crippen molar-refractivity contribution in [2.75, 3.05) is 0 Å². The molecule has 0 spiro atoms. The Labute approximate surface area is 97.1 Å². The minimum Gasteiger partial charge on any atom is -0.376 e. The standard InChI is InChI=1S/C12H15ClOSi/c1-15(2,3)9-8-12(14)10-6-4-5-7-11(10)13/h4-7,12,14H,1-3H3. The summed E-state index contributed by atoms with van der Waals surface area (Å²) in [4.78, 5) is 0. The SMILES string of the molecule is C[Si](C)(C)C#CC(O)c1ccccc1Cl. The Hall–Kier alpha value is -0.753. The van der Waals surface area contributed by atoms with Gasteiger partial charge in [0.25, 0.3) is 0 Å². The molecule has 1 atom stereocenters. The molecular weight excluding hydrogens is 224 g/mol. The molecule has 1 nitrogen and oxygen atoms in total. The highest BCUT2D eigenvalue weighted by Crippen LogP contribution is 2.21. The molecule has 3 heteroatoms. The zero-order valence-electron chi connectivity index (χ0n) is 9.21. The van der Waals surface area contributed by atoms with E-state index in [-0.39, 0.29) is 0 Å². The summed E-state index contributed by atoms with van der Waals surface area (Å²) in [5.74, 6) is 2.86. The van der Waals surface area contributed by atoms with Crippen molar-refractivity contribution in [2.45, 2.75) is 25.7 Å². The Morgan fingerprint density at radius 1 is 1.27 bits per heavy atom. The molecule has 80 valence electrons. The Bertz CT molecular complexity index is 398. The van der Waals surface area contributed by atoms with E-state index >= 15 is 0 Å². The monoisotopic (exact) mass is 238 g/mol. The van der Waals surface area contributed by atoms with Gasteiger partial charge in [0, 0.05) is 10.6 Å². The van der Waals surface area contributed by atoms with E-state index in [1.807, 2.05) is 12.1 Å². The van der Waals surface area contributed by atoms with E-state index in [9.17, 15) is 5.11 Å². The van der Waals surface area contributed by atoms with Crippen molar-refractivity contribution < 1.29 is 5.11 Å². The maximum atomic E-state index is 9.83.